The summed E-state index contributed by atoms with van der Waals surface area (Å²) in [6.07, 6.45) is 1.91. The van der Waals surface area contributed by atoms with Gasteiger partial charge in [0.15, 0.2) is 0 Å². The van der Waals surface area contributed by atoms with Gasteiger partial charge in [0.2, 0.25) is 0 Å². The first kappa shape index (κ1) is 14.5. The van der Waals surface area contributed by atoms with E-state index in [1.807, 2.05) is 6.20 Å². The zero-order chi connectivity index (χ0) is 16.0. The summed E-state index contributed by atoms with van der Waals surface area (Å²) in [6.45, 7) is 7.34. The Hall–Kier alpha value is -2.14. The predicted octanol–water partition coefficient (Wildman–Crippen LogP) is 2.30. The number of likely N-dealkylation sites (tertiary alicyclic amines) is 1. The average molecular weight is 311 g/mol. The van der Waals surface area contributed by atoms with Gasteiger partial charge in [0.25, 0.3) is 0 Å². The molecule has 2 fully saturated rings. The number of cyclic esters (lactones) is 1. The molecule has 23 heavy (non-hydrogen) atoms. The molecule has 2 aromatic rings. The molecule has 1 aromatic carbocycles. The molecule has 5 heteroatoms. The van der Waals surface area contributed by atoms with Crippen molar-refractivity contribution in [1.29, 1.82) is 0 Å². The highest BCUT2D eigenvalue weighted by atomic mass is 16.5. The maximum absolute atomic E-state index is 11.7. The van der Waals surface area contributed by atoms with E-state index >= 15 is 0 Å². The van der Waals surface area contributed by atoms with Crippen LogP contribution in [0.1, 0.15) is 16.7 Å². The number of carbonyl (C=O) groups excluding carboxylic acids is 1. The number of aromatic nitrogens is 2. The molecule has 1 aromatic heterocycles. The van der Waals surface area contributed by atoms with Crippen LogP contribution < -0.4 is 0 Å². The number of hydrogen-bond acceptors (Lipinski definition) is 4. The van der Waals surface area contributed by atoms with E-state index in [1.54, 1.807) is 0 Å². The smallest absolute Gasteiger partial charge is 0.310 e. The van der Waals surface area contributed by atoms with Crippen molar-refractivity contribution in [2.24, 2.45) is 11.8 Å². The van der Waals surface area contributed by atoms with Gasteiger partial charge in [0, 0.05) is 36.7 Å². The van der Waals surface area contributed by atoms with Gasteiger partial charge in [-0.1, -0.05) is 17.7 Å². The number of aryl methyl sites for hydroxylation is 2. The molecule has 0 unspecified atom stereocenters. The number of benzene rings is 1. The molecular weight excluding hydrogens is 290 g/mol. The SMILES string of the molecule is Cc1ccc(C)c(-c2[nH]ncc2CN2C[C@@H]3COC(=O)[C@@H]3C2)c1. The van der Waals surface area contributed by atoms with Crippen LogP contribution in [0.3, 0.4) is 0 Å². The Morgan fingerprint density at radius 2 is 2.22 bits per heavy atom. The Balaban J connectivity index is 1.57. The minimum atomic E-state index is -0.0283. The van der Waals surface area contributed by atoms with Crippen LogP contribution in [0.4, 0.5) is 0 Å². The van der Waals surface area contributed by atoms with Crippen molar-refractivity contribution in [2.45, 2.75) is 20.4 Å². The molecular formula is C18H21N3O2. The van der Waals surface area contributed by atoms with Gasteiger partial charge in [0.05, 0.1) is 24.4 Å². The zero-order valence-corrected chi connectivity index (χ0v) is 13.5. The van der Waals surface area contributed by atoms with Crippen molar-refractivity contribution in [2.75, 3.05) is 19.7 Å². The Bertz CT molecular complexity index is 752. The van der Waals surface area contributed by atoms with Crippen molar-refractivity contribution in [3.8, 4) is 11.3 Å². The summed E-state index contributed by atoms with van der Waals surface area (Å²) < 4.78 is 5.14. The minimum Gasteiger partial charge on any atom is -0.465 e. The van der Waals surface area contributed by atoms with Gasteiger partial charge in [-0.05, 0) is 25.5 Å². The first-order valence-electron chi connectivity index (χ1n) is 8.10. The molecule has 0 aliphatic carbocycles. The van der Waals surface area contributed by atoms with Gasteiger partial charge < -0.3 is 4.74 Å². The first-order chi connectivity index (χ1) is 11.1. The van der Waals surface area contributed by atoms with Gasteiger partial charge in [-0.3, -0.25) is 14.8 Å². The Labute approximate surface area is 135 Å². The summed E-state index contributed by atoms with van der Waals surface area (Å²) in [5, 5.41) is 7.41. The largest absolute Gasteiger partial charge is 0.465 e. The number of hydrogen-bond donors (Lipinski definition) is 1. The molecule has 2 aliphatic rings. The standard InChI is InChI=1S/C18H21N3O2/c1-11-3-4-12(2)15(5-11)17-13(6-19-20-17)7-21-8-14-10-23-18(22)16(14)9-21/h3-6,14,16H,7-10H2,1-2H3,(H,19,20)/t14-,16-/m1/s1. The molecule has 0 bridgehead atoms. The highest BCUT2D eigenvalue weighted by Gasteiger charge is 2.43. The number of aromatic amines is 1. The number of esters is 1. The van der Waals surface area contributed by atoms with E-state index in [2.05, 4.69) is 47.1 Å². The van der Waals surface area contributed by atoms with Crippen molar-refractivity contribution >= 4 is 5.97 Å². The van der Waals surface area contributed by atoms with Crippen LogP contribution in [0.2, 0.25) is 0 Å². The van der Waals surface area contributed by atoms with Gasteiger partial charge in [-0.2, -0.15) is 5.10 Å². The van der Waals surface area contributed by atoms with Crippen LogP contribution in [0, 0.1) is 25.7 Å². The highest BCUT2D eigenvalue weighted by Crippen LogP contribution is 2.33. The maximum atomic E-state index is 11.7. The summed E-state index contributed by atoms with van der Waals surface area (Å²) in [4.78, 5) is 14.0. The normalized spacial score (nSPS) is 24.0. The lowest BCUT2D eigenvalue weighted by molar-refractivity contribution is -0.141. The van der Waals surface area contributed by atoms with E-state index < -0.39 is 0 Å². The lowest BCUT2D eigenvalue weighted by Gasteiger charge is -2.17. The molecule has 4 rings (SSSR count). The molecule has 2 aliphatic heterocycles. The monoisotopic (exact) mass is 311 g/mol. The van der Waals surface area contributed by atoms with Gasteiger partial charge in [-0.15, -0.1) is 0 Å². The van der Waals surface area contributed by atoms with E-state index in [0.29, 0.717) is 12.5 Å². The molecule has 2 saturated heterocycles. The zero-order valence-electron chi connectivity index (χ0n) is 13.5. The third-order valence-electron chi connectivity index (χ3n) is 5.03. The van der Waals surface area contributed by atoms with Crippen LogP contribution in [-0.4, -0.2) is 40.8 Å². The van der Waals surface area contributed by atoms with Gasteiger partial charge in [0.1, 0.15) is 0 Å². The third kappa shape index (κ3) is 2.55. The summed E-state index contributed by atoms with van der Waals surface area (Å²) >= 11 is 0. The number of rotatable bonds is 3. The number of carbonyl (C=O) groups is 1. The van der Waals surface area contributed by atoms with Gasteiger partial charge >= 0.3 is 5.97 Å². The molecule has 0 saturated carbocycles. The first-order valence-corrected chi connectivity index (χ1v) is 8.10. The second kappa shape index (κ2) is 5.49. The van der Waals surface area contributed by atoms with E-state index in [0.717, 1.165) is 25.3 Å². The van der Waals surface area contributed by atoms with E-state index in [9.17, 15) is 4.79 Å². The molecule has 3 heterocycles. The molecule has 5 nitrogen and oxygen atoms in total. The van der Waals surface area contributed by atoms with Crippen LogP contribution in [0.5, 0.6) is 0 Å². The molecule has 1 N–H and O–H groups in total. The van der Waals surface area contributed by atoms with E-state index in [4.69, 9.17) is 4.74 Å². The fourth-order valence-corrected chi connectivity index (χ4v) is 3.73. The average Bonchev–Trinajstić information content (AvgIpc) is 3.21. The van der Waals surface area contributed by atoms with Crippen LogP contribution in [0.15, 0.2) is 24.4 Å². The summed E-state index contributed by atoms with van der Waals surface area (Å²) in [6, 6.07) is 6.47. The summed E-state index contributed by atoms with van der Waals surface area (Å²) in [7, 11) is 0. The van der Waals surface area contributed by atoms with Crippen LogP contribution in [-0.2, 0) is 16.1 Å². The van der Waals surface area contributed by atoms with Gasteiger partial charge in [-0.25, -0.2) is 0 Å². The third-order valence-corrected chi connectivity index (χ3v) is 5.03. The Morgan fingerprint density at radius 1 is 1.35 bits per heavy atom. The topological polar surface area (TPSA) is 58.2 Å². The van der Waals surface area contributed by atoms with Crippen molar-refractivity contribution in [3.63, 3.8) is 0 Å². The van der Waals surface area contributed by atoms with Crippen molar-refractivity contribution in [3.05, 3.63) is 41.1 Å². The lowest BCUT2D eigenvalue weighted by atomic mass is 10.0. The molecule has 0 amide bonds. The van der Waals surface area contributed by atoms with Crippen molar-refractivity contribution in [1.82, 2.24) is 15.1 Å². The number of nitrogens with zero attached hydrogens (tertiary/aromatic N) is 2. The highest BCUT2D eigenvalue weighted by molar-refractivity contribution is 5.75. The minimum absolute atomic E-state index is 0.0283. The molecule has 0 spiro atoms. The quantitative estimate of drug-likeness (QED) is 0.884. The second-order valence-corrected chi connectivity index (χ2v) is 6.78. The Morgan fingerprint density at radius 3 is 3.04 bits per heavy atom. The lowest BCUT2D eigenvalue weighted by Crippen LogP contribution is -2.23. The van der Waals surface area contributed by atoms with E-state index in [-0.39, 0.29) is 11.9 Å². The second-order valence-electron chi connectivity index (χ2n) is 6.78. The Kier molecular flexibility index (Phi) is 3.45. The molecule has 0 radical (unpaired) electrons. The molecule has 120 valence electrons. The fourth-order valence-electron chi connectivity index (χ4n) is 3.73. The number of ether oxygens (including phenoxy) is 1. The number of H-pyrrole nitrogens is 1. The van der Waals surface area contributed by atoms with Crippen LogP contribution >= 0.6 is 0 Å². The summed E-state index contributed by atoms with van der Waals surface area (Å²) in [5.41, 5.74) is 5.96. The number of nitrogens with one attached hydrogen (secondary N) is 1. The summed E-state index contributed by atoms with van der Waals surface area (Å²) in [5.74, 6) is 0.393. The predicted molar refractivity (Wildman–Crippen MR) is 86.7 cm³/mol. The fraction of sp³-hybridized carbons (Fsp3) is 0.444. The van der Waals surface area contributed by atoms with Crippen LogP contribution in [0.25, 0.3) is 11.3 Å². The number of fused-ring (bicyclic) bond motifs is 1. The van der Waals surface area contributed by atoms with E-state index in [1.165, 1.54) is 22.3 Å². The molecule has 2 atom stereocenters. The van der Waals surface area contributed by atoms with Crippen molar-refractivity contribution < 1.29 is 9.53 Å². The maximum Gasteiger partial charge on any atom is 0.310 e.